The van der Waals surface area contributed by atoms with E-state index in [1.54, 1.807) is 0 Å². The van der Waals surface area contributed by atoms with Crippen molar-refractivity contribution < 1.29 is 0 Å². The molecular weight excluding hydrogens is 232 g/mol. The molecule has 0 aromatic carbocycles. The van der Waals surface area contributed by atoms with E-state index < -0.39 is 0 Å². The molecule has 0 amide bonds. The molecule has 1 aliphatic rings. The van der Waals surface area contributed by atoms with Crippen molar-refractivity contribution in [3.05, 3.63) is 0 Å². The van der Waals surface area contributed by atoms with Gasteiger partial charge in [-0.3, -0.25) is 0 Å². The van der Waals surface area contributed by atoms with Crippen LogP contribution in [0.15, 0.2) is 0 Å². The molecule has 0 aliphatic carbocycles. The van der Waals surface area contributed by atoms with Crippen molar-refractivity contribution in [2.45, 2.75) is 78.6 Å². The van der Waals surface area contributed by atoms with Crippen LogP contribution in [0.2, 0.25) is 0 Å². The van der Waals surface area contributed by atoms with Crippen LogP contribution in [0.4, 0.5) is 0 Å². The number of hydrogen-bond donors (Lipinski definition) is 1. The highest BCUT2D eigenvalue weighted by Crippen LogP contribution is 2.05. The summed E-state index contributed by atoms with van der Waals surface area (Å²) in [5.41, 5.74) is 0. The molecule has 19 heavy (non-hydrogen) atoms. The van der Waals surface area contributed by atoms with E-state index in [1.165, 1.54) is 90.5 Å². The highest BCUT2D eigenvalue weighted by Gasteiger charge is 2.05. The second kappa shape index (κ2) is 16.0. The van der Waals surface area contributed by atoms with Gasteiger partial charge in [0.15, 0.2) is 0 Å². The molecule has 1 saturated heterocycles. The van der Waals surface area contributed by atoms with Crippen molar-refractivity contribution in [2.75, 3.05) is 32.7 Å². The van der Waals surface area contributed by atoms with Crippen LogP contribution >= 0.6 is 0 Å². The Morgan fingerprint density at radius 3 is 1.95 bits per heavy atom. The van der Waals surface area contributed by atoms with Crippen molar-refractivity contribution in [2.24, 2.45) is 0 Å². The summed E-state index contributed by atoms with van der Waals surface area (Å²) in [6.07, 6.45) is 12.6. The van der Waals surface area contributed by atoms with Gasteiger partial charge in [-0.15, -0.1) is 0 Å². The molecule has 1 N–H and O–H groups in total. The Balaban J connectivity index is 0.000000344. The number of nitrogens with zero attached hydrogens (tertiary/aromatic N) is 1. The predicted octanol–water partition coefficient (Wildman–Crippen LogP) is 4.45. The lowest BCUT2D eigenvalue weighted by atomic mass is 10.1. The van der Waals surface area contributed by atoms with E-state index in [2.05, 4.69) is 31.0 Å². The zero-order chi connectivity index (χ0) is 14.2. The van der Waals surface area contributed by atoms with Crippen LogP contribution in [0, 0.1) is 0 Å². The summed E-state index contributed by atoms with van der Waals surface area (Å²) in [5, 5.41) is 3.39. The van der Waals surface area contributed by atoms with Crippen LogP contribution < -0.4 is 5.32 Å². The molecule has 0 aromatic heterocycles. The summed E-state index contributed by atoms with van der Waals surface area (Å²) in [4.78, 5) is 2.54. The van der Waals surface area contributed by atoms with Crippen LogP contribution in [0.25, 0.3) is 0 Å². The van der Waals surface area contributed by atoms with Crippen LogP contribution in [0.3, 0.4) is 0 Å². The van der Waals surface area contributed by atoms with Crippen molar-refractivity contribution in [3.8, 4) is 0 Å². The molecule has 2 heteroatoms. The summed E-state index contributed by atoms with van der Waals surface area (Å²) >= 11 is 0. The first-order valence-corrected chi connectivity index (χ1v) is 8.78. The van der Waals surface area contributed by atoms with Gasteiger partial charge in [-0.1, -0.05) is 65.7 Å². The molecule has 1 aliphatic heterocycles. The molecule has 0 spiro atoms. The molecule has 0 radical (unpaired) electrons. The van der Waals surface area contributed by atoms with Gasteiger partial charge in [0.2, 0.25) is 0 Å². The summed E-state index contributed by atoms with van der Waals surface area (Å²) in [6, 6.07) is 0. The summed E-state index contributed by atoms with van der Waals surface area (Å²) in [5.74, 6) is 0. The molecule has 116 valence electrons. The summed E-state index contributed by atoms with van der Waals surface area (Å²) < 4.78 is 0. The number of rotatable bonds is 8. The maximum atomic E-state index is 3.39. The van der Waals surface area contributed by atoms with E-state index >= 15 is 0 Å². The minimum atomic E-state index is 1.18. The third-order valence-corrected chi connectivity index (χ3v) is 3.68. The number of nitrogens with one attached hydrogen (secondary N) is 1. The molecule has 1 fully saturated rings. The lowest BCUT2D eigenvalue weighted by molar-refractivity contribution is 0.293. The quantitative estimate of drug-likeness (QED) is 0.656. The maximum Gasteiger partial charge on any atom is 0.0107 e. The molecule has 0 bridgehead atoms. The first-order valence-electron chi connectivity index (χ1n) is 8.78. The summed E-state index contributed by atoms with van der Waals surface area (Å²) in [6.45, 7) is 13.0. The van der Waals surface area contributed by atoms with Gasteiger partial charge in [-0.2, -0.15) is 0 Å². The van der Waals surface area contributed by atoms with E-state index in [1.807, 2.05) is 0 Å². The van der Waals surface area contributed by atoms with Gasteiger partial charge in [0.25, 0.3) is 0 Å². The smallest absolute Gasteiger partial charge is 0.0107 e. The van der Waals surface area contributed by atoms with Crippen LogP contribution in [0.1, 0.15) is 78.6 Å². The zero-order valence-electron chi connectivity index (χ0n) is 13.8. The van der Waals surface area contributed by atoms with Gasteiger partial charge in [0.1, 0.15) is 0 Å². The highest BCUT2D eigenvalue weighted by atomic mass is 15.1. The minimum Gasteiger partial charge on any atom is -0.315 e. The first-order chi connectivity index (χ1) is 9.35. The highest BCUT2D eigenvalue weighted by molar-refractivity contribution is 4.64. The van der Waals surface area contributed by atoms with E-state index in [4.69, 9.17) is 0 Å². The van der Waals surface area contributed by atoms with Crippen molar-refractivity contribution in [3.63, 3.8) is 0 Å². The molecule has 1 rings (SSSR count). The normalized spacial score (nSPS) is 16.6. The Hall–Kier alpha value is -0.0800. The van der Waals surface area contributed by atoms with Crippen molar-refractivity contribution in [1.82, 2.24) is 10.2 Å². The Morgan fingerprint density at radius 1 is 0.737 bits per heavy atom. The average molecular weight is 271 g/mol. The van der Waals surface area contributed by atoms with Gasteiger partial charge >= 0.3 is 0 Å². The fraction of sp³-hybridized carbons (Fsp3) is 1.00. The van der Waals surface area contributed by atoms with Gasteiger partial charge in [-0.25, -0.2) is 0 Å². The van der Waals surface area contributed by atoms with Gasteiger partial charge in [-0.05, 0) is 32.5 Å². The van der Waals surface area contributed by atoms with E-state index in [-0.39, 0.29) is 0 Å². The fourth-order valence-corrected chi connectivity index (χ4v) is 2.47. The number of hydrogen-bond acceptors (Lipinski definition) is 2. The second-order valence-corrected chi connectivity index (χ2v) is 5.71. The van der Waals surface area contributed by atoms with Crippen molar-refractivity contribution >= 4 is 0 Å². The second-order valence-electron chi connectivity index (χ2n) is 5.71. The monoisotopic (exact) mass is 270 g/mol. The van der Waals surface area contributed by atoms with E-state index in [0.717, 1.165) is 0 Å². The molecular formula is C17H38N2. The summed E-state index contributed by atoms with van der Waals surface area (Å²) in [7, 11) is 0. The molecule has 1 heterocycles. The Kier molecular flexibility index (Phi) is 15.9. The lowest BCUT2D eigenvalue weighted by Crippen LogP contribution is -2.28. The van der Waals surface area contributed by atoms with Gasteiger partial charge in [0.05, 0.1) is 0 Å². The van der Waals surface area contributed by atoms with Crippen LogP contribution in [-0.2, 0) is 0 Å². The Labute approximate surface area is 122 Å². The van der Waals surface area contributed by atoms with Crippen LogP contribution in [-0.4, -0.2) is 37.6 Å². The lowest BCUT2D eigenvalue weighted by Gasteiger charge is -2.17. The Morgan fingerprint density at radius 2 is 1.37 bits per heavy atom. The molecule has 0 atom stereocenters. The Bertz CT molecular complexity index is 145. The first kappa shape index (κ1) is 18.9. The molecule has 0 unspecified atom stereocenters. The fourth-order valence-electron chi connectivity index (χ4n) is 2.47. The standard InChI is InChI=1S/C9H20.C8H18N2/c1-3-5-7-9-8-6-4-2;1-2-6-10-7-3-4-9-5-8-10/h3-9H2,1-2H3;9H,2-8H2,1H3. The topological polar surface area (TPSA) is 15.3 Å². The molecule has 2 nitrogen and oxygen atoms in total. The van der Waals surface area contributed by atoms with Gasteiger partial charge in [0, 0.05) is 13.1 Å². The van der Waals surface area contributed by atoms with E-state index in [9.17, 15) is 0 Å². The third-order valence-electron chi connectivity index (χ3n) is 3.68. The maximum absolute atomic E-state index is 3.39. The minimum absolute atomic E-state index is 1.18. The predicted molar refractivity (Wildman–Crippen MR) is 87.9 cm³/mol. The number of unbranched alkanes of at least 4 members (excludes halogenated alkanes) is 6. The third kappa shape index (κ3) is 14.1. The SMILES string of the molecule is CCCCCCCCC.CCCN1CCCNCC1. The largest absolute Gasteiger partial charge is 0.315 e. The van der Waals surface area contributed by atoms with Gasteiger partial charge < -0.3 is 10.2 Å². The molecule has 0 aromatic rings. The van der Waals surface area contributed by atoms with E-state index in [0.29, 0.717) is 0 Å². The van der Waals surface area contributed by atoms with Crippen LogP contribution in [0.5, 0.6) is 0 Å². The van der Waals surface area contributed by atoms with Crippen molar-refractivity contribution in [1.29, 1.82) is 0 Å². The average Bonchev–Trinajstić information content (AvgIpc) is 2.69. The zero-order valence-corrected chi connectivity index (χ0v) is 13.8. The molecule has 0 saturated carbocycles.